The van der Waals surface area contributed by atoms with Crippen LogP contribution in [0.1, 0.15) is 5.69 Å². The smallest absolute Gasteiger partial charge is 0.267 e. The highest BCUT2D eigenvalue weighted by Crippen LogP contribution is 2.30. The van der Waals surface area contributed by atoms with Gasteiger partial charge < -0.3 is 0 Å². The molecule has 0 bridgehead atoms. The van der Waals surface area contributed by atoms with Crippen molar-refractivity contribution in [3.05, 3.63) is 69.7 Å². The summed E-state index contributed by atoms with van der Waals surface area (Å²) < 4.78 is 0. The SMILES string of the molecule is Cc1n[nH]c(=O)c(-c2ccccn2)c1-c1ccc(Cl)cc1. The van der Waals surface area contributed by atoms with Crippen LogP contribution in [-0.4, -0.2) is 15.2 Å². The molecule has 3 aromatic rings. The maximum absolute atomic E-state index is 12.2. The minimum absolute atomic E-state index is 0.260. The van der Waals surface area contributed by atoms with E-state index in [0.29, 0.717) is 16.3 Å². The first-order valence-corrected chi connectivity index (χ1v) is 6.81. The highest BCUT2D eigenvalue weighted by atomic mass is 35.5. The van der Waals surface area contributed by atoms with E-state index in [-0.39, 0.29) is 5.56 Å². The molecule has 104 valence electrons. The van der Waals surface area contributed by atoms with Crippen molar-refractivity contribution in [2.24, 2.45) is 0 Å². The molecule has 3 rings (SSSR count). The number of nitrogens with zero attached hydrogens (tertiary/aromatic N) is 2. The van der Waals surface area contributed by atoms with Crippen molar-refractivity contribution in [2.45, 2.75) is 6.92 Å². The molecule has 2 aromatic heterocycles. The molecule has 21 heavy (non-hydrogen) atoms. The van der Waals surface area contributed by atoms with Crippen LogP contribution in [0, 0.1) is 6.92 Å². The maximum atomic E-state index is 12.2. The number of benzene rings is 1. The Balaban J connectivity index is 2.32. The van der Waals surface area contributed by atoms with E-state index in [1.54, 1.807) is 18.3 Å². The molecule has 2 heterocycles. The Labute approximate surface area is 126 Å². The van der Waals surface area contributed by atoms with E-state index in [0.717, 1.165) is 16.8 Å². The number of pyridine rings is 1. The average molecular weight is 298 g/mol. The van der Waals surface area contributed by atoms with Crippen molar-refractivity contribution < 1.29 is 0 Å². The maximum Gasteiger partial charge on any atom is 0.274 e. The van der Waals surface area contributed by atoms with Crippen molar-refractivity contribution in [3.8, 4) is 22.4 Å². The van der Waals surface area contributed by atoms with Gasteiger partial charge in [-0.25, -0.2) is 5.10 Å². The molecule has 0 aliphatic carbocycles. The van der Waals surface area contributed by atoms with Gasteiger partial charge in [0.2, 0.25) is 0 Å². The van der Waals surface area contributed by atoms with Crippen molar-refractivity contribution in [1.82, 2.24) is 15.2 Å². The van der Waals surface area contributed by atoms with Gasteiger partial charge in [-0.1, -0.05) is 29.8 Å². The van der Waals surface area contributed by atoms with E-state index in [1.165, 1.54) is 0 Å². The highest BCUT2D eigenvalue weighted by Gasteiger charge is 2.16. The van der Waals surface area contributed by atoms with Crippen molar-refractivity contribution in [1.29, 1.82) is 0 Å². The molecule has 0 fully saturated rings. The van der Waals surface area contributed by atoms with Crippen LogP contribution in [0.5, 0.6) is 0 Å². The molecule has 0 unspecified atom stereocenters. The van der Waals surface area contributed by atoms with Gasteiger partial charge in [-0.05, 0) is 36.8 Å². The molecule has 1 aromatic carbocycles. The molecule has 5 heteroatoms. The van der Waals surface area contributed by atoms with E-state index in [4.69, 9.17) is 11.6 Å². The Morgan fingerprint density at radius 1 is 1.05 bits per heavy atom. The Morgan fingerprint density at radius 3 is 2.48 bits per heavy atom. The van der Waals surface area contributed by atoms with Crippen LogP contribution in [0.25, 0.3) is 22.4 Å². The predicted molar refractivity (Wildman–Crippen MR) is 83.3 cm³/mol. The van der Waals surface area contributed by atoms with Gasteiger partial charge in [-0.2, -0.15) is 5.10 Å². The second kappa shape index (κ2) is 5.50. The molecule has 0 atom stereocenters. The van der Waals surface area contributed by atoms with Crippen LogP contribution in [0.15, 0.2) is 53.5 Å². The van der Waals surface area contributed by atoms with E-state index in [1.807, 2.05) is 37.3 Å². The minimum Gasteiger partial charge on any atom is -0.267 e. The van der Waals surface area contributed by atoms with Gasteiger partial charge >= 0.3 is 0 Å². The standard InChI is InChI=1S/C16H12ClN3O/c1-10-14(11-5-7-12(17)8-6-11)15(16(21)20-19-10)13-4-2-3-9-18-13/h2-9H,1H3,(H,20,21). The lowest BCUT2D eigenvalue weighted by Crippen LogP contribution is -2.14. The quantitative estimate of drug-likeness (QED) is 0.788. The van der Waals surface area contributed by atoms with Crippen LogP contribution in [0.2, 0.25) is 5.02 Å². The molecule has 1 N–H and O–H groups in total. The fraction of sp³-hybridized carbons (Fsp3) is 0.0625. The summed E-state index contributed by atoms with van der Waals surface area (Å²) in [6.45, 7) is 1.85. The summed E-state index contributed by atoms with van der Waals surface area (Å²) in [6, 6.07) is 12.8. The molecule has 0 amide bonds. The van der Waals surface area contributed by atoms with Gasteiger partial charge in [0.25, 0.3) is 5.56 Å². The number of aromatic nitrogens is 3. The van der Waals surface area contributed by atoms with E-state index >= 15 is 0 Å². The third-order valence-corrected chi connectivity index (χ3v) is 3.47. The van der Waals surface area contributed by atoms with Gasteiger partial charge in [0, 0.05) is 16.8 Å². The van der Waals surface area contributed by atoms with Gasteiger partial charge in [0.1, 0.15) is 0 Å². The molecule has 0 aliphatic heterocycles. The molecule has 0 spiro atoms. The molecule has 0 saturated heterocycles. The second-order valence-electron chi connectivity index (χ2n) is 4.61. The number of rotatable bonds is 2. The number of nitrogens with one attached hydrogen (secondary N) is 1. The first-order chi connectivity index (χ1) is 10.2. The minimum atomic E-state index is -0.260. The number of hydrogen-bond donors (Lipinski definition) is 1. The largest absolute Gasteiger partial charge is 0.274 e. The van der Waals surface area contributed by atoms with Gasteiger partial charge in [-0.15, -0.1) is 0 Å². The lowest BCUT2D eigenvalue weighted by atomic mass is 9.97. The van der Waals surface area contributed by atoms with Gasteiger partial charge in [-0.3, -0.25) is 9.78 Å². The lowest BCUT2D eigenvalue weighted by Gasteiger charge is -2.10. The summed E-state index contributed by atoms with van der Waals surface area (Å²) in [5.74, 6) is 0. The fourth-order valence-corrected chi connectivity index (χ4v) is 2.39. The zero-order valence-corrected chi connectivity index (χ0v) is 12.1. The summed E-state index contributed by atoms with van der Waals surface area (Å²) in [6.07, 6.45) is 1.66. The Kier molecular flexibility index (Phi) is 3.54. The van der Waals surface area contributed by atoms with Crippen LogP contribution >= 0.6 is 11.6 Å². The zero-order chi connectivity index (χ0) is 14.8. The molecule has 0 aliphatic rings. The first kappa shape index (κ1) is 13.5. The molecule has 4 nitrogen and oxygen atoms in total. The fourth-order valence-electron chi connectivity index (χ4n) is 2.27. The summed E-state index contributed by atoms with van der Waals surface area (Å²) in [7, 11) is 0. The highest BCUT2D eigenvalue weighted by molar-refractivity contribution is 6.30. The number of aryl methyl sites for hydroxylation is 1. The number of halogens is 1. The number of aromatic amines is 1. The summed E-state index contributed by atoms with van der Waals surface area (Å²) in [5.41, 5.74) is 3.27. The van der Waals surface area contributed by atoms with Crippen LogP contribution in [-0.2, 0) is 0 Å². The second-order valence-corrected chi connectivity index (χ2v) is 5.05. The van der Waals surface area contributed by atoms with Gasteiger partial charge in [0.15, 0.2) is 0 Å². The summed E-state index contributed by atoms with van der Waals surface area (Å²) in [4.78, 5) is 16.5. The normalized spacial score (nSPS) is 10.6. The van der Waals surface area contributed by atoms with E-state index in [9.17, 15) is 4.79 Å². The Hall–Kier alpha value is -2.46. The van der Waals surface area contributed by atoms with E-state index < -0.39 is 0 Å². The van der Waals surface area contributed by atoms with Crippen molar-refractivity contribution >= 4 is 11.6 Å². The molecular weight excluding hydrogens is 286 g/mol. The first-order valence-electron chi connectivity index (χ1n) is 6.43. The average Bonchev–Trinajstić information content (AvgIpc) is 2.51. The zero-order valence-electron chi connectivity index (χ0n) is 11.3. The number of H-pyrrole nitrogens is 1. The summed E-state index contributed by atoms with van der Waals surface area (Å²) >= 11 is 5.93. The third-order valence-electron chi connectivity index (χ3n) is 3.22. The van der Waals surface area contributed by atoms with Gasteiger partial charge in [0.05, 0.1) is 17.0 Å². The monoisotopic (exact) mass is 297 g/mol. The van der Waals surface area contributed by atoms with Crippen molar-refractivity contribution in [2.75, 3.05) is 0 Å². The molecule has 0 saturated carbocycles. The molecule has 0 radical (unpaired) electrons. The topological polar surface area (TPSA) is 58.6 Å². The van der Waals surface area contributed by atoms with Crippen molar-refractivity contribution in [3.63, 3.8) is 0 Å². The number of hydrogen-bond acceptors (Lipinski definition) is 3. The summed E-state index contributed by atoms with van der Waals surface area (Å²) in [5, 5.41) is 7.23. The van der Waals surface area contributed by atoms with Crippen LogP contribution < -0.4 is 5.56 Å². The Morgan fingerprint density at radius 2 is 1.81 bits per heavy atom. The Bertz CT molecular complexity index is 826. The van der Waals surface area contributed by atoms with E-state index in [2.05, 4.69) is 15.2 Å². The third kappa shape index (κ3) is 2.58. The molecular formula is C16H12ClN3O. The van der Waals surface area contributed by atoms with Crippen LogP contribution in [0.3, 0.4) is 0 Å². The van der Waals surface area contributed by atoms with Crippen LogP contribution in [0.4, 0.5) is 0 Å². The predicted octanol–water partition coefficient (Wildman–Crippen LogP) is 3.46. The lowest BCUT2D eigenvalue weighted by molar-refractivity contribution is 0.950.